The van der Waals surface area contributed by atoms with Gasteiger partial charge in [0.25, 0.3) is 0 Å². The summed E-state index contributed by atoms with van der Waals surface area (Å²) in [6.45, 7) is -0.0722. The topological polar surface area (TPSA) is 26.3 Å². The summed E-state index contributed by atoms with van der Waals surface area (Å²) in [6, 6.07) is 6.07. The minimum Gasteiger partial charge on any atom is -0.485 e. The van der Waals surface area contributed by atoms with Crippen molar-refractivity contribution >= 4 is 49.0 Å². The largest absolute Gasteiger partial charge is 0.485 e. The van der Waals surface area contributed by atoms with Crippen LogP contribution in [0.5, 0.6) is 5.75 Å². The Balaban J connectivity index is 2.02. The Labute approximate surface area is 124 Å². The Morgan fingerprint density at radius 3 is 2.67 bits per heavy atom. The van der Waals surface area contributed by atoms with Crippen LogP contribution in [-0.4, -0.2) is 12.4 Å². The predicted octanol–water partition coefficient (Wildman–Crippen LogP) is 4.67. The Morgan fingerprint density at radius 2 is 2.06 bits per heavy atom. The van der Waals surface area contributed by atoms with Crippen LogP contribution >= 0.6 is 43.2 Å². The van der Waals surface area contributed by atoms with Gasteiger partial charge in [0.15, 0.2) is 6.61 Å². The monoisotopic (exact) mass is 392 g/mol. The molecule has 0 aliphatic carbocycles. The maximum absolute atomic E-state index is 13.0. The van der Waals surface area contributed by atoms with E-state index in [1.165, 1.54) is 29.5 Å². The lowest BCUT2D eigenvalue weighted by molar-refractivity contribution is 0.0925. The number of benzene rings is 1. The van der Waals surface area contributed by atoms with Crippen LogP contribution in [0.3, 0.4) is 0 Å². The predicted molar refractivity (Wildman–Crippen MR) is 75.9 cm³/mol. The highest BCUT2D eigenvalue weighted by molar-refractivity contribution is 9.10. The number of Topliss-reactive ketones (excluding diaryl/α,β-unsaturated/α-hetero) is 1. The van der Waals surface area contributed by atoms with E-state index in [0.717, 1.165) is 4.47 Å². The Kier molecular flexibility index (Phi) is 4.53. The summed E-state index contributed by atoms with van der Waals surface area (Å²) >= 11 is 7.70. The summed E-state index contributed by atoms with van der Waals surface area (Å²) in [5, 5.41) is 1.83. The number of rotatable bonds is 4. The van der Waals surface area contributed by atoms with Gasteiger partial charge >= 0.3 is 0 Å². The average molecular weight is 394 g/mol. The van der Waals surface area contributed by atoms with Crippen LogP contribution in [0.1, 0.15) is 9.67 Å². The molecule has 0 N–H and O–H groups in total. The maximum Gasteiger partial charge on any atom is 0.211 e. The molecule has 0 saturated carbocycles. The minimum absolute atomic E-state index is 0.0722. The molecule has 0 saturated heterocycles. The third-order valence-electron chi connectivity index (χ3n) is 2.13. The molecule has 0 spiro atoms. The van der Waals surface area contributed by atoms with E-state index in [1.54, 1.807) is 0 Å². The quantitative estimate of drug-likeness (QED) is 0.705. The summed E-state index contributed by atoms with van der Waals surface area (Å²) < 4.78 is 19.4. The smallest absolute Gasteiger partial charge is 0.211 e. The summed E-state index contributed by atoms with van der Waals surface area (Å²) in [4.78, 5) is 12.4. The van der Waals surface area contributed by atoms with E-state index in [2.05, 4.69) is 31.9 Å². The summed E-state index contributed by atoms with van der Waals surface area (Å²) in [5.74, 6) is -0.0312. The molecule has 18 heavy (non-hydrogen) atoms. The number of thiophene rings is 1. The molecule has 6 heteroatoms. The van der Waals surface area contributed by atoms with Crippen LogP contribution < -0.4 is 4.74 Å². The first kappa shape index (κ1) is 13.7. The van der Waals surface area contributed by atoms with Gasteiger partial charge in [-0.05, 0) is 61.5 Å². The van der Waals surface area contributed by atoms with Gasteiger partial charge in [-0.2, -0.15) is 0 Å². The number of halogens is 3. The fourth-order valence-electron chi connectivity index (χ4n) is 1.27. The standard InChI is InChI=1S/C12H7Br2FO2S/c13-8-3-4-18-12(8)11(16)6-17-7-1-2-10(15)9(14)5-7/h1-5H,6H2. The zero-order chi connectivity index (χ0) is 13.1. The number of hydrogen-bond donors (Lipinski definition) is 0. The van der Waals surface area contributed by atoms with Crippen LogP contribution in [0.2, 0.25) is 0 Å². The number of hydrogen-bond acceptors (Lipinski definition) is 3. The van der Waals surface area contributed by atoms with Crippen LogP contribution in [0.25, 0.3) is 0 Å². The summed E-state index contributed by atoms with van der Waals surface area (Å²) in [6.07, 6.45) is 0. The van der Waals surface area contributed by atoms with Gasteiger partial charge in [0.2, 0.25) is 5.78 Å². The van der Waals surface area contributed by atoms with Crippen LogP contribution in [0.4, 0.5) is 4.39 Å². The Bertz CT molecular complexity index is 583. The van der Waals surface area contributed by atoms with Crippen molar-refractivity contribution in [1.82, 2.24) is 0 Å². The Morgan fingerprint density at radius 1 is 1.28 bits per heavy atom. The van der Waals surface area contributed by atoms with Crippen LogP contribution in [0, 0.1) is 5.82 Å². The second-order valence-corrected chi connectivity index (χ2v) is 6.01. The van der Waals surface area contributed by atoms with Crippen molar-refractivity contribution in [2.45, 2.75) is 0 Å². The first-order valence-electron chi connectivity index (χ1n) is 4.92. The molecule has 0 fully saturated rings. The fraction of sp³-hybridized carbons (Fsp3) is 0.0833. The molecule has 0 aliphatic heterocycles. The highest BCUT2D eigenvalue weighted by Crippen LogP contribution is 2.24. The van der Waals surface area contributed by atoms with Crippen LogP contribution in [-0.2, 0) is 0 Å². The van der Waals surface area contributed by atoms with E-state index in [9.17, 15) is 9.18 Å². The second-order valence-electron chi connectivity index (χ2n) is 3.39. The van der Waals surface area contributed by atoms with Gasteiger partial charge < -0.3 is 4.74 Å². The van der Waals surface area contributed by atoms with E-state index in [4.69, 9.17) is 4.74 Å². The molecule has 0 unspecified atom stereocenters. The highest BCUT2D eigenvalue weighted by atomic mass is 79.9. The molecule has 94 valence electrons. The van der Waals surface area contributed by atoms with Gasteiger partial charge in [0, 0.05) is 4.47 Å². The zero-order valence-electron chi connectivity index (χ0n) is 8.95. The van der Waals surface area contributed by atoms with Gasteiger partial charge in [-0.15, -0.1) is 11.3 Å². The van der Waals surface area contributed by atoms with E-state index in [1.807, 2.05) is 11.4 Å². The lowest BCUT2D eigenvalue weighted by atomic mass is 10.3. The van der Waals surface area contributed by atoms with Gasteiger partial charge in [-0.25, -0.2) is 4.39 Å². The molecular weight excluding hydrogens is 387 g/mol. The fourth-order valence-corrected chi connectivity index (χ4v) is 3.15. The molecule has 0 bridgehead atoms. The van der Waals surface area contributed by atoms with Crippen molar-refractivity contribution in [2.75, 3.05) is 6.61 Å². The molecule has 0 atom stereocenters. The summed E-state index contributed by atoms with van der Waals surface area (Å²) in [7, 11) is 0. The molecular formula is C12H7Br2FO2S. The van der Waals surface area contributed by atoms with E-state index >= 15 is 0 Å². The number of ether oxygens (including phenoxy) is 1. The van der Waals surface area contributed by atoms with Crippen molar-refractivity contribution < 1.29 is 13.9 Å². The van der Waals surface area contributed by atoms with Crippen molar-refractivity contribution in [2.24, 2.45) is 0 Å². The van der Waals surface area contributed by atoms with Crippen molar-refractivity contribution in [3.8, 4) is 5.75 Å². The first-order chi connectivity index (χ1) is 8.58. The third-order valence-corrected chi connectivity index (χ3v) is 4.62. The minimum atomic E-state index is -0.366. The SMILES string of the molecule is O=C(COc1ccc(F)c(Br)c1)c1sccc1Br. The number of carbonyl (C=O) groups excluding carboxylic acids is 1. The lowest BCUT2D eigenvalue weighted by Gasteiger charge is -2.05. The first-order valence-corrected chi connectivity index (χ1v) is 7.38. The second kappa shape index (κ2) is 5.95. The van der Waals surface area contributed by atoms with Crippen molar-refractivity contribution in [1.29, 1.82) is 0 Å². The molecule has 2 nitrogen and oxygen atoms in total. The van der Waals surface area contributed by atoms with Gasteiger partial charge in [-0.1, -0.05) is 0 Å². The number of carbonyl (C=O) groups is 1. The molecule has 2 aromatic rings. The lowest BCUT2D eigenvalue weighted by Crippen LogP contribution is -2.10. The molecule has 0 aliphatic rings. The molecule has 1 aromatic heterocycles. The van der Waals surface area contributed by atoms with Crippen molar-refractivity contribution in [3.05, 3.63) is 49.3 Å². The van der Waals surface area contributed by atoms with Gasteiger partial charge in [0.1, 0.15) is 11.6 Å². The summed E-state index contributed by atoms with van der Waals surface area (Å²) in [5.41, 5.74) is 0. The van der Waals surface area contributed by atoms with E-state index in [-0.39, 0.29) is 18.2 Å². The highest BCUT2D eigenvalue weighted by Gasteiger charge is 2.12. The average Bonchev–Trinajstić information content (AvgIpc) is 2.77. The molecule has 2 rings (SSSR count). The molecule has 0 amide bonds. The Hall–Kier alpha value is -0.720. The van der Waals surface area contributed by atoms with Gasteiger partial charge in [0.05, 0.1) is 9.35 Å². The third kappa shape index (κ3) is 3.18. The number of ketones is 1. The molecule has 1 heterocycles. The van der Waals surface area contributed by atoms with Gasteiger partial charge in [-0.3, -0.25) is 4.79 Å². The molecule has 0 radical (unpaired) electrons. The normalized spacial score (nSPS) is 10.4. The van der Waals surface area contributed by atoms with Crippen molar-refractivity contribution in [3.63, 3.8) is 0 Å². The van der Waals surface area contributed by atoms with E-state index < -0.39 is 0 Å². The van der Waals surface area contributed by atoms with Crippen LogP contribution in [0.15, 0.2) is 38.6 Å². The molecule has 1 aromatic carbocycles. The maximum atomic E-state index is 13.0. The van der Waals surface area contributed by atoms with E-state index in [0.29, 0.717) is 15.1 Å². The zero-order valence-corrected chi connectivity index (χ0v) is 12.9.